The predicted octanol–water partition coefficient (Wildman–Crippen LogP) is 3.89. The molecule has 0 radical (unpaired) electrons. The van der Waals surface area contributed by atoms with E-state index in [1.807, 2.05) is 0 Å². The van der Waals surface area contributed by atoms with Gasteiger partial charge in [0, 0.05) is 42.1 Å². The Kier molecular flexibility index (Phi) is 7.60. The van der Waals surface area contributed by atoms with Crippen LogP contribution in [0.4, 0.5) is 10.5 Å². The van der Waals surface area contributed by atoms with Crippen molar-refractivity contribution in [1.82, 2.24) is 39.7 Å². The quantitative estimate of drug-likeness (QED) is 0.277. The van der Waals surface area contributed by atoms with Gasteiger partial charge in [0.15, 0.2) is 0 Å². The number of imidazole rings is 1. The van der Waals surface area contributed by atoms with Crippen molar-refractivity contribution in [2.24, 2.45) is 0 Å². The summed E-state index contributed by atoms with van der Waals surface area (Å²) < 4.78 is 8.22. The highest BCUT2D eigenvalue weighted by Crippen LogP contribution is 2.29. The van der Waals surface area contributed by atoms with Crippen molar-refractivity contribution in [1.29, 1.82) is 0 Å². The van der Waals surface area contributed by atoms with Crippen LogP contribution in [0.15, 0.2) is 59.7 Å². The van der Waals surface area contributed by atoms with Crippen LogP contribution in [0.1, 0.15) is 11.6 Å². The van der Waals surface area contributed by atoms with Crippen LogP contribution in [-0.4, -0.2) is 65.1 Å². The predicted molar refractivity (Wildman–Crippen MR) is 147 cm³/mol. The standard InChI is InChI=1S/C25H21Cl2N9O4/c1-34(25(38)39)16-6-3-14(4-7-16)23-24(27)31-20(30-23)11-35-21(12-40-2)29-18(10-22(35)37)17-9-15(26)5-8-19(17)36-13-28-32-33-36/h3-10,13H,11-12H2,1-2H3,(H,30,31)(H,38,39). The summed E-state index contributed by atoms with van der Waals surface area (Å²) in [5, 5.41) is 21.2. The van der Waals surface area contributed by atoms with Gasteiger partial charge in [0.25, 0.3) is 5.56 Å². The Balaban J connectivity index is 1.49. The second kappa shape index (κ2) is 11.3. The van der Waals surface area contributed by atoms with E-state index in [-0.39, 0.29) is 23.9 Å². The molecule has 15 heteroatoms. The molecule has 0 atom stereocenters. The number of aromatic nitrogens is 8. The number of benzene rings is 2. The normalized spacial score (nSPS) is 11.1. The molecule has 2 N–H and O–H groups in total. The third-order valence-electron chi connectivity index (χ3n) is 6.02. The second-order valence-corrected chi connectivity index (χ2v) is 9.38. The second-order valence-electron chi connectivity index (χ2n) is 8.57. The lowest BCUT2D eigenvalue weighted by Gasteiger charge is -2.14. The monoisotopic (exact) mass is 581 g/mol. The number of ether oxygens (including phenoxy) is 1. The van der Waals surface area contributed by atoms with Gasteiger partial charge in [0.1, 0.15) is 35.4 Å². The van der Waals surface area contributed by atoms with Crippen LogP contribution in [0.2, 0.25) is 10.2 Å². The number of rotatable bonds is 8. The van der Waals surface area contributed by atoms with Crippen LogP contribution in [-0.2, 0) is 17.9 Å². The van der Waals surface area contributed by atoms with E-state index in [0.29, 0.717) is 50.6 Å². The molecule has 0 aliphatic carbocycles. The third-order valence-corrected chi connectivity index (χ3v) is 6.53. The van der Waals surface area contributed by atoms with E-state index in [1.165, 1.54) is 35.8 Å². The Hall–Kier alpha value is -4.59. The molecule has 0 spiro atoms. The van der Waals surface area contributed by atoms with Crippen molar-refractivity contribution in [2.45, 2.75) is 13.2 Å². The summed E-state index contributed by atoms with van der Waals surface area (Å²) in [5.74, 6) is 0.764. The molecular weight excluding hydrogens is 561 g/mol. The summed E-state index contributed by atoms with van der Waals surface area (Å²) in [7, 11) is 2.95. The van der Waals surface area contributed by atoms with Gasteiger partial charge in [0.2, 0.25) is 0 Å². The lowest BCUT2D eigenvalue weighted by molar-refractivity contribution is 0.173. The Morgan fingerprint density at radius 2 is 1.90 bits per heavy atom. The third kappa shape index (κ3) is 5.43. The summed E-state index contributed by atoms with van der Waals surface area (Å²) in [6.07, 6.45) is 0.354. The molecule has 2 aromatic carbocycles. The van der Waals surface area contributed by atoms with Gasteiger partial charge in [-0.2, -0.15) is 4.68 Å². The summed E-state index contributed by atoms with van der Waals surface area (Å²) in [6, 6.07) is 13.2. The first-order chi connectivity index (χ1) is 19.2. The van der Waals surface area contributed by atoms with Crippen molar-refractivity contribution in [3.8, 4) is 28.2 Å². The fourth-order valence-corrected chi connectivity index (χ4v) is 4.48. The fraction of sp³-hybridized carbons (Fsp3) is 0.160. The molecule has 13 nitrogen and oxygen atoms in total. The Labute approximate surface area is 236 Å². The first-order valence-electron chi connectivity index (χ1n) is 11.7. The average Bonchev–Trinajstić information content (AvgIpc) is 3.60. The summed E-state index contributed by atoms with van der Waals surface area (Å²) in [4.78, 5) is 38.0. The lowest BCUT2D eigenvalue weighted by Crippen LogP contribution is -2.26. The maximum atomic E-state index is 13.4. The Morgan fingerprint density at radius 1 is 1.12 bits per heavy atom. The zero-order valence-electron chi connectivity index (χ0n) is 21.1. The molecule has 204 valence electrons. The van der Waals surface area contributed by atoms with Crippen LogP contribution < -0.4 is 10.5 Å². The smallest absolute Gasteiger partial charge is 0.411 e. The minimum absolute atomic E-state index is 0.0414. The number of amides is 1. The first-order valence-corrected chi connectivity index (χ1v) is 12.4. The molecule has 1 amide bonds. The van der Waals surface area contributed by atoms with E-state index in [2.05, 4.69) is 25.5 Å². The maximum Gasteiger partial charge on any atom is 0.411 e. The van der Waals surface area contributed by atoms with Gasteiger partial charge >= 0.3 is 6.09 Å². The van der Waals surface area contributed by atoms with Crippen molar-refractivity contribution in [2.75, 3.05) is 19.1 Å². The van der Waals surface area contributed by atoms with Crippen molar-refractivity contribution in [3.63, 3.8) is 0 Å². The molecule has 0 aliphatic rings. The minimum atomic E-state index is -1.08. The van der Waals surface area contributed by atoms with E-state index >= 15 is 0 Å². The number of methoxy groups -OCH3 is 1. The van der Waals surface area contributed by atoms with Crippen molar-refractivity contribution < 1.29 is 14.6 Å². The molecule has 40 heavy (non-hydrogen) atoms. The zero-order chi connectivity index (χ0) is 28.4. The van der Waals surface area contributed by atoms with Crippen LogP contribution in [0, 0.1) is 0 Å². The van der Waals surface area contributed by atoms with Crippen LogP contribution in [0.3, 0.4) is 0 Å². The maximum absolute atomic E-state index is 13.4. The van der Waals surface area contributed by atoms with Gasteiger partial charge in [0.05, 0.1) is 17.9 Å². The molecule has 5 rings (SSSR count). The lowest BCUT2D eigenvalue weighted by atomic mass is 10.1. The molecule has 3 aromatic heterocycles. The number of carboxylic acid groups (broad SMARTS) is 1. The number of anilines is 1. The molecular formula is C25H21Cl2N9O4. The number of aromatic amines is 1. The van der Waals surface area contributed by atoms with Gasteiger partial charge < -0.3 is 14.8 Å². The zero-order valence-corrected chi connectivity index (χ0v) is 22.6. The molecule has 5 aromatic rings. The fourth-order valence-electron chi connectivity index (χ4n) is 4.05. The number of hydrogen-bond acceptors (Lipinski definition) is 8. The van der Waals surface area contributed by atoms with Crippen LogP contribution in [0.25, 0.3) is 28.2 Å². The van der Waals surface area contributed by atoms with Crippen LogP contribution >= 0.6 is 23.2 Å². The molecule has 0 saturated heterocycles. The molecule has 0 fully saturated rings. The number of carbonyl (C=O) groups is 1. The number of tetrazole rings is 1. The van der Waals surface area contributed by atoms with E-state index < -0.39 is 6.09 Å². The number of hydrogen-bond donors (Lipinski definition) is 2. The van der Waals surface area contributed by atoms with E-state index in [4.69, 9.17) is 32.9 Å². The largest absolute Gasteiger partial charge is 0.465 e. The molecule has 3 heterocycles. The topological polar surface area (TPSA) is 157 Å². The highest BCUT2D eigenvalue weighted by atomic mass is 35.5. The van der Waals surface area contributed by atoms with Gasteiger partial charge in [-0.1, -0.05) is 35.3 Å². The first kappa shape index (κ1) is 27.0. The molecule has 0 unspecified atom stereocenters. The van der Waals surface area contributed by atoms with Gasteiger partial charge in [-0.25, -0.2) is 14.8 Å². The summed E-state index contributed by atoms with van der Waals surface area (Å²) in [5.41, 5.74) is 2.78. The van der Waals surface area contributed by atoms with E-state index in [9.17, 15) is 14.7 Å². The number of nitrogens with zero attached hydrogens (tertiary/aromatic N) is 8. The summed E-state index contributed by atoms with van der Waals surface area (Å²) >= 11 is 12.7. The van der Waals surface area contributed by atoms with Crippen LogP contribution in [0.5, 0.6) is 0 Å². The summed E-state index contributed by atoms with van der Waals surface area (Å²) in [6.45, 7) is 0.0868. The van der Waals surface area contributed by atoms with Crippen molar-refractivity contribution >= 4 is 35.0 Å². The molecule has 0 saturated carbocycles. The number of halogens is 2. The molecule has 0 bridgehead atoms. The minimum Gasteiger partial charge on any atom is -0.465 e. The number of H-pyrrole nitrogens is 1. The highest BCUT2D eigenvalue weighted by Gasteiger charge is 2.18. The van der Waals surface area contributed by atoms with Gasteiger partial charge in [-0.05, 0) is 40.8 Å². The molecule has 0 aliphatic heterocycles. The average molecular weight is 582 g/mol. The SMILES string of the molecule is COCc1nc(-c2cc(Cl)ccc2-n2cnnn2)cc(=O)n1Cc1nc(-c2ccc(N(C)C(=O)O)cc2)c(Cl)[nH]1. The number of nitrogens with one attached hydrogen (secondary N) is 1. The van der Waals surface area contributed by atoms with Crippen molar-refractivity contribution in [3.05, 3.63) is 87.0 Å². The highest BCUT2D eigenvalue weighted by molar-refractivity contribution is 6.32. The van der Waals surface area contributed by atoms with E-state index in [1.54, 1.807) is 42.5 Å². The van der Waals surface area contributed by atoms with Gasteiger partial charge in [-0.3, -0.25) is 14.3 Å². The Bertz CT molecular complexity index is 1730. The van der Waals surface area contributed by atoms with Gasteiger partial charge in [-0.15, -0.1) is 5.10 Å². The Morgan fingerprint density at radius 3 is 2.58 bits per heavy atom. The van der Waals surface area contributed by atoms with E-state index in [0.717, 1.165) is 4.90 Å².